The normalized spacial score (nSPS) is 10.5. The van der Waals surface area contributed by atoms with E-state index in [1.54, 1.807) is 12.5 Å². The maximum atomic E-state index is 5.26. The Balaban J connectivity index is 1.53. The summed E-state index contributed by atoms with van der Waals surface area (Å²) in [6.07, 6.45) is 5.34. The van der Waals surface area contributed by atoms with E-state index < -0.39 is 0 Å². The van der Waals surface area contributed by atoms with Gasteiger partial charge in [0.1, 0.15) is 5.76 Å². The first-order valence-corrected chi connectivity index (χ1v) is 7.75. The highest BCUT2D eigenvalue weighted by molar-refractivity contribution is 7.80. The Morgan fingerprint density at radius 3 is 3.00 bits per heavy atom. The van der Waals surface area contributed by atoms with Gasteiger partial charge in [-0.15, -0.1) is 0 Å². The molecule has 0 radical (unpaired) electrons. The molecule has 0 atom stereocenters. The van der Waals surface area contributed by atoms with Crippen LogP contribution >= 0.6 is 12.2 Å². The zero-order valence-corrected chi connectivity index (χ0v) is 13.6. The van der Waals surface area contributed by atoms with Gasteiger partial charge in [0, 0.05) is 6.20 Å². The summed E-state index contributed by atoms with van der Waals surface area (Å²) in [4.78, 5) is 0. The Hall–Kier alpha value is -2.60. The molecule has 0 amide bonds. The van der Waals surface area contributed by atoms with Crippen LogP contribution in [0.5, 0.6) is 0 Å². The Morgan fingerprint density at radius 2 is 2.22 bits per heavy atom. The van der Waals surface area contributed by atoms with Gasteiger partial charge in [-0.05, 0) is 36.8 Å². The molecule has 0 fully saturated rings. The van der Waals surface area contributed by atoms with Crippen LogP contribution in [0.2, 0.25) is 0 Å². The van der Waals surface area contributed by atoms with Crippen LogP contribution in [0, 0.1) is 6.92 Å². The summed E-state index contributed by atoms with van der Waals surface area (Å²) in [5, 5.41) is 11.1. The molecule has 23 heavy (non-hydrogen) atoms. The maximum Gasteiger partial charge on any atom is 0.171 e. The number of rotatable bonds is 5. The van der Waals surface area contributed by atoms with Crippen molar-refractivity contribution in [1.82, 2.24) is 15.1 Å². The van der Waals surface area contributed by atoms with Crippen molar-refractivity contribution >= 4 is 23.0 Å². The number of hydrogen-bond donors (Lipinski definition) is 2. The van der Waals surface area contributed by atoms with Crippen molar-refractivity contribution in [1.29, 1.82) is 0 Å². The standard InChI is InChI=1S/C17H18N4OS/c1-13-4-2-5-14(8-13)11-21-12-15(9-19-21)20-17(23)18-10-16-6-3-7-22-16/h2-9,12H,10-11H2,1H3,(H2,18,20,23). The lowest BCUT2D eigenvalue weighted by molar-refractivity contribution is 0.503. The van der Waals surface area contributed by atoms with Crippen molar-refractivity contribution in [2.75, 3.05) is 5.32 Å². The predicted molar refractivity (Wildman–Crippen MR) is 94.3 cm³/mol. The second kappa shape index (κ2) is 7.11. The summed E-state index contributed by atoms with van der Waals surface area (Å²) in [5.74, 6) is 0.837. The number of thiocarbonyl (C=S) groups is 1. The van der Waals surface area contributed by atoms with Crippen molar-refractivity contribution in [2.45, 2.75) is 20.0 Å². The number of aromatic nitrogens is 2. The number of benzene rings is 1. The molecular weight excluding hydrogens is 308 g/mol. The Labute approximate surface area is 140 Å². The maximum absolute atomic E-state index is 5.26. The van der Waals surface area contributed by atoms with E-state index >= 15 is 0 Å². The number of hydrogen-bond acceptors (Lipinski definition) is 3. The molecule has 118 valence electrons. The van der Waals surface area contributed by atoms with Crippen LogP contribution in [0.4, 0.5) is 5.69 Å². The molecule has 0 aliphatic heterocycles. The lowest BCUT2D eigenvalue weighted by atomic mass is 10.1. The van der Waals surface area contributed by atoms with Gasteiger partial charge in [-0.2, -0.15) is 5.10 Å². The van der Waals surface area contributed by atoms with Gasteiger partial charge in [0.05, 0.1) is 31.2 Å². The molecular formula is C17H18N4OS. The third-order valence-electron chi connectivity index (χ3n) is 3.32. The van der Waals surface area contributed by atoms with E-state index in [0.29, 0.717) is 11.7 Å². The average molecular weight is 326 g/mol. The molecule has 2 heterocycles. The molecule has 0 spiro atoms. The minimum absolute atomic E-state index is 0.538. The molecule has 3 aromatic rings. The van der Waals surface area contributed by atoms with Gasteiger partial charge in [-0.3, -0.25) is 4.68 Å². The van der Waals surface area contributed by atoms with Crippen molar-refractivity contribution in [3.63, 3.8) is 0 Å². The van der Waals surface area contributed by atoms with Crippen molar-refractivity contribution < 1.29 is 4.42 Å². The highest BCUT2D eigenvalue weighted by atomic mass is 32.1. The Kier molecular flexibility index (Phi) is 4.73. The summed E-state index contributed by atoms with van der Waals surface area (Å²) in [7, 11) is 0. The van der Waals surface area contributed by atoms with Gasteiger partial charge in [0.25, 0.3) is 0 Å². The second-order valence-corrected chi connectivity index (χ2v) is 5.71. The van der Waals surface area contributed by atoms with Crippen LogP contribution in [0.15, 0.2) is 59.5 Å². The van der Waals surface area contributed by atoms with E-state index in [1.165, 1.54) is 11.1 Å². The monoisotopic (exact) mass is 326 g/mol. The molecule has 0 saturated heterocycles. The van der Waals surface area contributed by atoms with Gasteiger partial charge in [0.15, 0.2) is 5.11 Å². The molecule has 0 aliphatic rings. The number of aryl methyl sites for hydroxylation is 1. The number of nitrogens with zero attached hydrogens (tertiary/aromatic N) is 2. The van der Waals surface area contributed by atoms with E-state index in [2.05, 4.69) is 46.9 Å². The van der Waals surface area contributed by atoms with Crippen LogP contribution in [0.25, 0.3) is 0 Å². The molecule has 6 heteroatoms. The fourth-order valence-electron chi connectivity index (χ4n) is 2.27. The van der Waals surface area contributed by atoms with Gasteiger partial charge >= 0.3 is 0 Å². The van der Waals surface area contributed by atoms with Gasteiger partial charge in [-0.25, -0.2) is 0 Å². The topological polar surface area (TPSA) is 55.0 Å². The van der Waals surface area contributed by atoms with E-state index in [0.717, 1.165) is 18.0 Å². The quantitative estimate of drug-likeness (QED) is 0.705. The summed E-state index contributed by atoms with van der Waals surface area (Å²) in [5.41, 5.74) is 3.32. The summed E-state index contributed by atoms with van der Waals surface area (Å²) >= 11 is 5.26. The second-order valence-electron chi connectivity index (χ2n) is 5.30. The first-order chi connectivity index (χ1) is 11.2. The number of furan rings is 1. The molecule has 0 aliphatic carbocycles. The van der Waals surface area contributed by atoms with Gasteiger partial charge in [-0.1, -0.05) is 29.8 Å². The summed E-state index contributed by atoms with van der Waals surface area (Å²) in [6, 6.07) is 12.1. The highest BCUT2D eigenvalue weighted by Crippen LogP contribution is 2.09. The van der Waals surface area contributed by atoms with E-state index in [9.17, 15) is 0 Å². The minimum Gasteiger partial charge on any atom is -0.467 e. The molecule has 0 saturated carbocycles. The van der Waals surface area contributed by atoms with Gasteiger partial charge in [0.2, 0.25) is 0 Å². The summed E-state index contributed by atoms with van der Waals surface area (Å²) < 4.78 is 7.13. The van der Waals surface area contributed by atoms with Crippen LogP contribution in [-0.4, -0.2) is 14.9 Å². The van der Waals surface area contributed by atoms with E-state index in [1.807, 2.05) is 23.0 Å². The van der Waals surface area contributed by atoms with Crippen molar-refractivity contribution in [3.8, 4) is 0 Å². The highest BCUT2D eigenvalue weighted by Gasteiger charge is 2.03. The Morgan fingerprint density at radius 1 is 1.30 bits per heavy atom. The van der Waals surface area contributed by atoms with Crippen molar-refractivity contribution in [2.24, 2.45) is 0 Å². The number of nitrogens with one attached hydrogen (secondary N) is 2. The third-order valence-corrected chi connectivity index (χ3v) is 3.57. The lowest BCUT2D eigenvalue weighted by Crippen LogP contribution is -2.27. The van der Waals surface area contributed by atoms with Crippen LogP contribution in [0.1, 0.15) is 16.9 Å². The molecule has 2 aromatic heterocycles. The molecule has 3 rings (SSSR count). The molecule has 1 aromatic carbocycles. The van der Waals surface area contributed by atoms with E-state index in [4.69, 9.17) is 16.6 Å². The third kappa shape index (κ3) is 4.43. The fourth-order valence-corrected chi connectivity index (χ4v) is 2.46. The molecule has 2 N–H and O–H groups in total. The average Bonchev–Trinajstić information content (AvgIpc) is 3.17. The SMILES string of the molecule is Cc1cccc(Cn2cc(NC(=S)NCc3ccco3)cn2)c1. The van der Waals surface area contributed by atoms with Gasteiger partial charge < -0.3 is 15.1 Å². The minimum atomic E-state index is 0.538. The van der Waals surface area contributed by atoms with Crippen LogP contribution < -0.4 is 10.6 Å². The van der Waals surface area contributed by atoms with E-state index in [-0.39, 0.29) is 0 Å². The van der Waals surface area contributed by atoms with Crippen molar-refractivity contribution in [3.05, 3.63) is 71.9 Å². The zero-order valence-electron chi connectivity index (χ0n) is 12.8. The first-order valence-electron chi connectivity index (χ1n) is 7.34. The summed E-state index contributed by atoms with van der Waals surface area (Å²) in [6.45, 7) is 3.37. The van der Waals surface area contributed by atoms with Crippen LogP contribution in [0.3, 0.4) is 0 Å². The zero-order chi connectivity index (χ0) is 16.1. The largest absolute Gasteiger partial charge is 0.467 e. The smallest absolute Gasteiger partial charge is 0.171 e. The molecule has 0 unspecified atom stereocenters. The molecule has 5 nitrogen and oxygen atoms in total. The van der Waals surface area contributed by atoms with Crippen LogP contribution in [-0.2, 0) is 13.1 Å². The first kappa shape index (κ1) is 15.3. The predicted octanol–water partition coefficient (Wildman–Crippen LogP) is 3.32. The Bertz CT molecular complexity index is 780. The lowest BCUT2D eigenvalue weighted by Gasteiger charge is -2.07. The number of anilines is 1. The molecule has 0 bridgehead atoms. The fraction of sp³-hybridized carbons (Fsp3) is 0.176.